The summed E-state index contributed by atoms with van der Waals surface area (Å²) in [6, 6.07) is 20.2. The molecule has 2 aromatic carbocycles. The molecule has 34 heavy (non-hydrogen) atoms. The fourth-order valence-electron chi connectivity index (χ4n) is 4.81. The minimum absolute atomic E-state index is 0. The summed E-state index contributed by atoms with van der Waals surface area (Å²) in [6.07, 6.45) is 10.6. The smallest absolute Gasteiger partial charge is 0.344 e. The van der Waals surface area contributed by atoms with Crippen molar-refractivity contribution in [2.45, 2.75) is 19.3 Å². The number of carbonyl (C=O) groups is 1. The third-order valence-corrected chi connectivity index (χ3v) is 6.47. The molecule has 2 heterocycles. The minimum atomic E-state index is -0.432. The first kappa shape index (κ1) is 23.9. The van der Waals surface area contributed by atoms with Crippen LogP contribution in [0.15, 0.2) is 78.8 Å². The van der Waals surface area contributed by atoms with Gasteiger partial charge in [-0.3, -0.25) is 4.98 Å². The normalized spacial score (nSPS) is 15.6. The van der Waals surface area contributed by atoms with E-state index in [0.717, 1.165) is 25.8 Å². The van der Waals surface area contributed by atoms with Gasteiger partial charge in [-0.25, -0.2) is 4.79 Å². The monoisotopic (exact) mass is 473 g/mol. The molecule has 2 aliphatic rings. The van der Waals surface area contributed by atoms with Crippen molar-refractivity contribution in [3.63, 3.8) is 0 Å². The van der Waals surface area contributed by atoms with Crippen LogP contribution in [-0.4, -0.2) is 35.4 Å². The average molecular weight is 474 g/mol. The van der Waals surface area contributed by atoms with Gasteiger partial charge in [0, 0.05) is 30.2 Å². The summed E-state index contributed by atoms with van der Waals surface area (Å²) >= 11 is 0. The Bertz CT molecular complexity index is 1170. The van der Waals surface area contributed by atoms with Crippen LogP contribution in [0.1, 0.15) is 51.9 Å². The van der Waals surface area contributed by atoms with Crippen LogP contribution in [0.5, 0.6) is 0 Å². The second kappa shape index (κ2) is 10.8. The minimum Gasteiger partial charge on any atom is -0.626 e. The molecule has 6 heteroatoms. The molecular formula is C28H28ClN3O2. The van der Waals surface area contributed by atoms with Crippen molar-refractivity contribution in [3.8, 4) is 0 Å². The summed E-state index contributed by atoms with van der Waals surface area (Å²) in [7, 11) is 0. The zero-order chi connectivity index (χ0) is 22.6. The molecule has 0 spiro atoms. The molecule has 1 aromatic heterocycles. The van der Waals surface area contributed by atoms with Gasteiger partial charge in [0.25, 0.3) is 0 Å². The Morgan fingerprint density at radius 2 is 1.53 bits per heavy atom. The standard InChI is InChI=1S/C28H27N3O2.ClH/c32-28(23-14-16-29-17-15-23)31(33)20-19-30-18-6-5-11-26(30)27-24-9-3-1-7-21(24)12-13-22-8-2-4-10-25(22)27;/h1-4,7-10,12-17,31H,5-6,11,18-20H2;1H. The van der Waals surface area contributed by atoms with Gasteiger partial charge in [0.2, 0.25) is 0 Å². The van der Waals surface area contributed by atoms with Crippen LogP contribution in [0.3, 0.4) is 0 Å². The lowest BCUT2D eigenvalue weighted by Crippen LogP contribution is -3.10. The lowest BCUT2D eigenvalue weighted by Gasteiger charge is -2.35. The zero-order valence-electron chi connectivity index (χ0n) is 18.9. The van der Waals surface area contributed by atoms with Gasteiger partial charge in [-0.15, -0.1) is 12.4 Å². The summed E-state index contributed by atoms with van der Waals surface area (Å²) in [5.74, 6) is -0.432. The molecule has 1 aliphatic carbocycles. The Labute approximate surface area is 206 Å². The molecule has 174 valence electrons. The number of carbonyl (C=O) groups excluding carboxylic acids is 1. The molecule has 5 nitrogen and oxygen atoms in total. The quantitative estimate of drug-likeness (QED) is 0.445. The molecule has 1 fully saturated rings. The number of piperidine rings is 1. The number of aromatic nitrogens is 1. The lowest BCUT2D eigenvalue weighted by molar-refractivity contribution is -0.757. The second-order valence-electron chi connectivity index (χ2n) is 8.51. The SMILES string of the molecule is Cl.O=C(c1ccncc1)[NH+]([O-])CCN1CCCCC1=C1c2ccccc2C=Cc2ccccc21. The summed E-state index contributed by atoms with van der Waals surface area (Å²) in [4.78, 5) is 18.8. The molecule has 1 amide bonds. The molecule has 1 N–H and O–H groups in total. The summed E-state index contributed by atoms with van der Waals surface area (Å²) in [5.41, 5.74) is 7.77. The van der Waals surface area contributed by atoms with Gasteiger partial charge in [0.1, 0.15) is 6.54 Å². The van der Waals surface area contributed by atoms with Gasteiger partial charge in [0.05, 0.1) is 12.1 Å². The number of allylic oxidation sites excluding steroid dienone is 1. The van der Waals surface area contributed by atoms with Crippen molar-refractivity contribution < 1.29 is 9.86 Å². The fourth-order valence-corrected chi connectivity index (χ4v) is 4.81. The number of halogens is 1. The van der Waals surface area contributed by atoms with Crippen LogP contribution in [0.4, 0.5) is 0 Å². The summed E-state index contributed by atoms with van der Waals surface area (Å²) in [6.45, 7) is 1.65. The number of hydrogen-bond donors (Lipinski definition) is 1. The molecule has 0 radical (unpaired) electrons. The molecule has 1 aliphatic heterocycles. The number of amides is 1. The fraction of sp³-hybridized carbons (Fsp3) is 0.214. The number of hydroxylamine groups is 2. The van der Waals surface area contributed by atoms with E-state index in [1.165, 1.54) is 33.5 Å². The molecule has 1 saturated heterocycles. The molecule has 1 atom stereocenters. The predicted octanol–water partition coefficient (Wildman–Crippen LogP) is 4.46. The number of hydrogen-bond acceptors (Lipinski definition) is 4. The third kappa shape index (κ3) is 4.82. The molecule has 0 saturated carbocycles. The highest BCUT2D eigenvalue weighted by Gasteiger charge is 2.25. The van der Waals surface area contributed by atoms with E-state index in [1.54, 1.807) is 24.5 Å². The summed E-state index contributed by atoms with van der Waals surface area (Å²) < 4.78 is 0. The maximum atomic E-state index is 12.7. The highest BCUT2D eigenvalue weighted by molar-refractivity contribution is 5.94. The Morgan fingerprint density at radius 1 is 0.912 bits per heavy atom. The van der Waals surface area contributed by atoms with Crippen molar-refractivity contribution in [1.82, 2.24) is 9.88 Å². The highest BCUT2D eigenvalue weighted by atomic mass is 35.5. The van der Waals surface area contributed by atoms with Gasteiger partial charge >= 0.3 is 5.91 Å². The van der Waals surface area contributed by atoms with Crippen LogP contribution >= 0.6 is 12.4 Å². The van der Waals surface area contributed by atoms with E-state index in [9.17, 15) is 10.0 Å². The Hall–Kier alpha value is -3.25. The molecule has 3 aromatic rings. The van der Waals surface area contributed by atoms with E-state index < -0.39 is 5.91 Å². The molecule has 0 bridgehead atoms. The van der Waals surface area contributed by atoms with E-state index in [0.29, 0.717) is 12.1 Å². The number of nitrogens with zero attached hydrogens (tertiary/aromatic N) is 2. The summed E-state index contributed by atoms with van der Waals surface area (Å²) in [5, 5.41) is 12.4. The van der Waals surface area contributed by atoms with E-state index in [1.807, 2.05) is 0 Å². The van der Waals surface area contributed by atoms with Gasteiger partial charge < -0.3 is 15.2 Å². The van der Waals surface area contributed by atoms with Gasteiger partial charge in [-0.1, -0.05) is 60.7 Å². The van der Waals surface area contributed by atoms with E-state index in [2.05, 4.69) is 70.6 Å². The first-order valence-electron chi connectivity index (χ1n) is 11.5. The highest BCUT2D eigenvalue weighted by Crippen LogP contribution is 2.39. The Kier molecular flexibility index (Phi) is 7.58. The van der Waals surface area contributed by atoms with Crippen LogP contribution in [0.2, 0.25) is 0 Å². The van der Waals surface area contributed by atoms with Crippen LogP contribution in [-0.2, 0) is 0 Å². The number of benzene rings is 2. The largest absolute Gasteiger partial charge is 0.626 e. The molecule has 1 unspecified atom stereocenters. The maximum Gasteiger partial charge on any atom is 0.344 e. The molecular weight excluding hydrogens is 446 g/mol. The number of likely N-dealkylation sites (tertiary alicyclic amines) is 1. The van der Waals surface area contributed by atoms with Gasteiger partial charge in [-0.2, -0.15) is 0 Å². The van der Waals surface area contributed by atoms with Crippen molar-refractivity contribution in [2.75, 3.05) is 19.6 Å². The van der Waals surface area contributed by atoms with Gasteiger partial charge in [0.15, 0.2) is 0 Å². The average Bonchev–Trinajstić information content (AvgIpc) is 3.04. The van der Waals surface area contributed by atoms with Crippen LogP contribution in [0.25, 0.3) is 17.7 Å². The number of fused-ring (bicyclic) bond motifs is 2. The Balaban J connectivity index is 0.00000274. The van der Waals surface area contributed by atoms with Crippen molar-refractivity contribution in [3.05, 3.63) is 112 Å². The van der Waals surface area contributed by atoms with Crippen molar-refractivity contribution in [1.29, 1.82) is 0 Å². The lowest BCUT2D eigenvalue weighted by atomic mass is 9.89. The topological polar surface area (TPSA) is 60.7 Å². The van der Waals surface area contributed by atoms with Crippen LogP contribution in [0, 0.1) is 5.21 Å². The van der Waals surface area contributed by atoms with Crippen molar-refractivity contribution >= 4 is 36.0 Å². The molecule has 5 rings (SSSR count). The van der Waals surface area contributed by atoms with Crippen molar-refractivity contribution in [2.24, 2.45) is 0 Å². The van der Waals surface area contributed by atoms with Gasteiger partial charge in [-0.05, 0) is 53.6 Å². The first-order valence-corrected chi connectivity index (χ1v) is 11.5. The predicted molar refractivity (Wildman–Crippen MR) is 138 cm³/mol. The number of quaternary nitrogens is 1. The number of nitrogens with one attached hydrogen (secondary N) is 1. The number of pyridine rings is 1. The Morgan fingerprint density at radius 3 is 2.18 bits per heavy atom. The first-order chi connectivity index (χ1) is 16.2. The zero-order valence-corrected chi connectivity index (χ0v) is 19.8. The van der Waals surface area contributed by atoms with E-state index >= 15 is 0 Å². The second-order valence-corrected chi connectivity index (χ2v) is 8.51. The van der Waals surface area contributed by atoms with Crippen LogP contribution < -0.4 is 5.06 Å². The van der Waals surface area contributed by atoms with E-state index in [4.69, 9.17) is 0 Å². The number of rotatable bonds is 4. The maximum absolute atomic E-state index is 12.7. The third-order valence-electron chi connectivity index (χ3n) is 6.47. The van der Waals surface area contributed by atoms with E-state index in [-0.39, 0.29) is 24.0 Å².